The van der Waals surface area contributed by atoms with E-state index in [2.05, 4.69) is 5.32 Å². The lowest BCUT2D eigenvalue weighted by molar-refractivity contribution is -0.126. The van der Waals surface area contributed by atoms with Crippen molar-refractivity contribution in [2.45, 2.75) is 36.4 Å². The SMILES string of the molecule is COc1ccc(CCNC(=O)[C@H]2N3C(=O)c4ccccc4[C@@H]3SC2(C)C)cc1OC. The predicted molar refractivity (Wildman–Crippen MR) is 117 cm³/mol. The fourth-order valence-electron chi connectivity index (χ4n) is 4.27. The smallest absolute Gasteiger partial charge is 0.256 e. The maximum absolute atomic E-state index is 13.2. The summed E-state index contributed by atoms with van der Waals surface area (Å²) in [5.41, 5.74) is 2.74. The van der Waals surface area contributed by atoms with Gasteiger partial charge in [-0.1, -0.05) is 24.3 Å². The van der Waals surface area contributed by atoms with E-state index in [9.17, 15) is 9.59 Å². The highest BCUT2D eigenvalue weighted by molar-refractivity contribution is 8.01. The van der Waals surface area contributed by atoms with Crippen molar-refractivity contribution in [1.29, 1.82) is 0 Å². The minimum atomic E-state index is -0.516. The number of hydrogen-bond donors (Lipinski definition) is 1. The van der Waals surface area contributed by atoms with Crippen molar-refractivity contribution in [3.63, 3.8) is 0 Å². The highest BCUT2D eigenvalue weighted by Gasteiger charge is 2.57. The Hall–Kier alpha value is -2.67. The number of amides is 2. The third-order valence-electron chi connectivity index (χ3n) is 5.71. The molecular weight excluding hydrogens is 400 g/mol. The van der Waals surface area contributed by atoms with E-state index in [1.165, 1.54) is 0 Å². The van der Waals surface area contributed by atoms with Gasteiger partial charge < -0.3 is 19.7 Å². The first-order valence-corrected chi connectivity index (χ1v) is 10.8. The van der Waals surface area contributed by atoms with Gasteiger partial charge in [0.2, 0.25) is 5.91 Å². The van der Waals surface area contributed by atoms with Gasteiger partial charge in [0.25, 0.3) is 5.91 Å². The van der Waals surface area contributed by atoms with Crippen LogP contribution < -0.4 is 14.8 Å². The van der Waals surface area contributed by atoms with Gasteiger partial charge >= 0.3 is 0 Å². The normalized spacial score (nSPS) is 21.2. The van der Waals surface area contributed by atoms with Gasteiger partial charge in [0, 0.05) is 16.9 Å². The first-order valence-electron chi connectivity index (χ1n) is 9.95. The lowest BCUT2D eigenvalue weighted by atomic mass is 10.0. The molecule has 1 N–H and O–H groups in total. The number of thioether (sulfide) groups is 1. The van der Waals surface area contributed by atoms with Crippen molar-refractivity contribution in [2.75, 3.05) is 20.8 Å². The van der Waals surface area contributed by atoms with Gasteiger partial charge in [-0.3, -0.25) is 9.59 Å². The second kappa shape index (κ2) is 7.87. The first kappa shape index (κ1) is 20.6. The Morgan fingerprint density at radius 3 is 2.60 bits per heavy atom. The Morgan fingerprint density at radius 1 is 1.13 bits per heavy atom. The maximum atomic E-state index is 13.2. The summed E-state index contributed by atoms with van der Waals surface area (Å²) in [5.74, 6) is 1.16. The Kier molecular flexibility index (Phi) is 5.40. The number of carbonyl (C=O) groups excluding carboxylic acids is 2. The largest absolute Gasteiger partial charge is 0.493 e. The number of rotatable bonds is 6. The highest BCUT2D eigenvalue weighted by Crippen LogP contribution is 2.56. The molecule has 7 heteroatoms. The molecule has 0 unspecified atom stereocenters. The summed E-state index contributed by atoms with van der Waals surface area (Å²) in [6.07, 6.45) is 0.657. The molecule has 0 bridgehead atoms. The van der Waals surface area contributed by atoms with Crippen LogP contribution in [0.3, 0.4) is 0 Å². The van der Waals surface area contributed by atoms with Gasteiger partial charge in [0.1, 0.15) is 11.4 Å². The highest BCUT2D eigenvalue weighted by atomic mass is 32.2. The predicted octanol–water partition coefficient (Wildman–Crippen LogP) is 3.41. The van der Waals surface area contributed by atoms with E-state index < -0.39 is 6.04 Å². The number of methoxy groups -OCH3 is 2. The molecule has 2 amide bonds. The van der Waals surface area contributed by atoms with Crippen LogP contribution in [0.25, 0.3) is 0 Å². The van der Waals surface area contributed by atoms with Crippen LogP contribution >= 0.6 is 11.8 Å². The molecule has 0 spiro atoms. The molecule has 0 aromatic heterocycles. The van der Waals surface area contributed by atoms with Gasteiger partial charge in [0.15, 0.2) is 11.5 Å². The zero-order chi connectivity index (χ0) is 21.5. The lowest BCUT2D eigenvalue weighted by Gasteiger charge is -2.29. The first-order chi connectivity index (χ1) is 14.4. The van der Waals surface area contributed by atoms with E-state index in [1.807, 2.05) is 56.3 Å². The fourth-order valence-corrected chi connectivity index (χ4v) is 5.86. The Morgan fingerprint density at radius 2 is 1.87 bits per heavy atom. The van der Waals surface area contributed by atoms with Crippen molar-refractivity contribution >= 4 is 23.6 Å². The lowest BCUT2D eigenvalue weighted by Crippen LogP contribution is -2.52. The third kappa shape index (κ3) is 3.41. The minimum Gasteiger partial charge on any atom is -0.493 e. The molecule has 2 heterocycles. The quantitative estimate of drug-likeness (QED) is 0.767. The molecule has 30 heavy (non-hydrogen) atoms. The van der Waals surface area contributed by atoms with Crippen molar-refractivity contribution < 1.29 is 19.1 Å². The Bertz CT molecular complexity index is 991. The summed E-state index contributed by atoms with van der Waals surface area (Å²) in [5, 5.41) is 2.93. The summed E-state index contributed by atoms with van der Waals surface area (Å²) < 4.78 is 10.2. The van der Waals surface area contributed by atoms with Crippen LogP contribution in [0.1, 0.15) is 40.7 Å². The van der Waals surface area contributed by atoms with Crippen LogP contribution in [-0.2, 0) is 11.2 Å². The Balaban J connectivity index is 1.45. The summed E-state index contributed by atoms with van der Waals surface area (Å²) >= 11 is 1.67. The topological polar surface area (TPSA) is 67.9 Å². The number of benzene rings is 2. The molecule has 2 atom stereocenters. The molecule has 0 radical (unpaired) electrons. The molecule has 2 aromatic rings. The van der Waals surface area contributed by atoms with Crippen molar-refractivity contribution in [2.24, 2.45) is 0 Å². The molecule has 158 valence electrons. The van der Waals surface area contributed by atoms with Crippen LogP contribution in [0.15, 0.2) is 42.5 Å². The summed E-state index contributed by atoms with van der Waals surface area (Å²) in [6, 6.07) is 12.9. The van der Waals surface area contributed by atoms with Crippen LogP contribution in [0.4, 0.5) is 0 Å². The molecule has 2 aliphatic rings. The molecule has 6 nitrogen and oxygen atoms in total. The number of nitrogens with one attached hydrogen (secondary N) is 1. The zero-order valence-electron chi connectivity index (χ0n) is 17.6. The molecule has 1 fully saturated rings. The van der Waals surface area contributed by atoms with Gasteiger partial charge in [-0.15, -0.1) is 11.8 Å². The third-order valence-corrected chi connectivity index (χ3v) is 7.24. The molecule has 0 saturated carbocycles. The summed E-state index contributed by atoms with van der Waals surface area (Å²) in [6.45, 7) is 4.54. The monoisotopic (exact) mass is 426 g/mol. The van der Waals surface area contributed by atoms with Gasteiger partial charge in [0.05, 0.1) is 14.2 Å². The molecule has 4 rings (SSSR count). The van der Waals surface area contributed by atoms with Gasteiger partial charge in [-0.2, -0.15) is 0 Å². The summed E-state index contributed by atoms with van der Waals surface area (Å²) in [4.78, 5) is 27.9. The van der Waals surface area contributed by atoms with E-state index in [0.717, 1.165) is 11.1 Å². The molecule has 0 aliphatic carbocycles. The maximum Gasteiger partial charge on any atom is 0.256 e. The van der Waals surface area contributed by atoms with Crippen molar-refractivity contribution in [3.8, 4) is 11.5 Å². The van der Waals surface area contributed by atoms with Crippen LogP contribution in [0.2, 0.25) is 0 Å². The summed E-state index contributed by atoms with van der Waals surface area (Å²) in [7, 11) is 3.20. The second-order valence-corrected chi connectivity index (χ2v) is 9.74. The van der Waals surface area contributed by atoms with Crippen LogP contribution in [-0.4, -0.2) is 48.3 Å². The van der Waals surface area contributed by atoms with E-state index >= 15 is 0 Å². The minimum absolute atomic E-state index is 0.0614. The average molecular weight is 427 g/mol. The Labute approximate surface area is 180 Å². The fraction of sp³-hybridized carbons (Fsp3) is 0.391. The molecular formula is C23H26N2O4S. The molecule has 1 saturated heterocycles. The van der Waals surface area contributed by atoms with Crippen molar-refractivity contribution in [3.05, 3.63) is 59.2 Å². The molecule has 2 aromatic carbocycles. The number of ether oxygens (including phenoxy) is 2. The van der Waals surface area contributed by atoms with Gasteiger partial charge in [-0.25, -0.2) is 0 Å². The second-order valence-electron chi connectivity index (χ2n) is 8.01. The number of fused-ring (bicyclic) bond motifs is 3. The number of carbonyl (C=O) groups is 2. The zero-order valence-corrected chi connectivity index (χ0v) is 18.4. The van der Waals surface area contributed by atoms with E-state index in [4.69, 9.17) is 9.47 Å². The standard InChI is InChI=1S/C23H26N2O4S/c1-23(2)19(25-21(27)15-7-5-6-8-16(15)22(25)30-23)20(26)24-12-11-14-9-10-17(28-3)18(13-14)29-4/h5-10,13,19,22H,11-12H2,1-4H3,(H,24,26)/t19-,22+/m1/s1. The van der Waals surface area contributed by atoms with Crippen molar-refractivity contribution in [1.82, 2.24) is 10.2 Å². The van der Waals surface area contributed by atoms with Gasteiger partial charge in [-0.05, 0) is 49.6 Å². The van der Waals surface area contributed by atoms with E-state index in [1.54, 1.807) is 30.9 Å². The number of nitrogens with zero attached hydrogens (tertiary/aromatic N) is 1. The van der Waals surface area contributed by atoms with Crippen LogP contribution in [0, 0.1) is 0 Å². The number of hydrogen-bond acceptors (Lipinski definition) is 5. The average Bonchev–Trinajstić information content (AvgIpc) is 3.17. The van der Waals surface area contributed by atoms with E-state index in [0.29, 0.717) is 30.0 Å². The van der Waals surface area contributed by atoms with Crippen LogP contribution in [0.5, 0.6) is 11.5 Å². The molecule has 2 aliphatic heterocycles. The van der Waals surface area contributed by atoms with E-state index in [-0.39, 0.29) is 21.9 Å².